The largest absolute Gasteiger partial charge is 0.408 e. The maximum atomic E-state index is 14.0. The Labute approximate surface area is 204 Å². The first-order chi connectivity index (χ1) is 15.6. The monoisotopic (exact) mass is 486 g/mol. The van der Waals surface area contributed by atoms with Crippen LogP contribution in [0.3, 0.4) is 0 Å². The van der Waals surface area contributed by atoms with Crippen LogP contribution in [0.4, 0.5) is 10.2 Å². The van der Waals surface area contributed by atoms with Gasteiger partial charge in [-0.1, -0.05) is 41.5 Å². The lowest BCUT2D eigenvalue weighted by atomic mass is 9.90. The van der Waals surface area contributed by atoms with E-state index in [-0.39, 0.29) is 28.9 Å². The van der Waals surface area contributed by atoms with Gasteiger partial charge in [0, 0.05) is 31.3 Å². The van der Waals surface area contributed by atoms with Crippen LogP contribution in [-0.2, 0) is 15.6 Å². The molecular weight excluding hydrogens is 447 g/mol. The highest BCUT2D eigenvalue weighted by Gasteiger charge is 2.42. The van der Waals surface area contributed by atoms with Crippen molar-refractivity contribution in [3.63, 3.8) is 0 Å². The van der Waals surface area contributed by atoms with Crippen LogP contribution in [-0.4, -0.2) is 42.6 Å². The maximum absolute atomic E-state index is 14.0. The van der Waals surface area contributed by atoms with E-state index in [1.807, 2.05) is 11.9 Å². The van der Waals surface area contributed by atoms with Gasteiger partial charge in [0.2, 0.25) is 0 Å². The van der Waals surface area contributed by atoms with Crippen molar-refractivity contribution < 1.29 is 13.6 Å². The van der Waals surface area contributed by atoms with Crippen molar-refractivity contribution in [2.24, 2.45) is 5.41 Å². The van der Waals surface area contributed by atoms with Gasteiger partial charge in [-0.25, -0.2) is 14.4 Å². The van der Waals surface area contributed by atoms with Crippen LogP contribution in [0.2, 0.25) is 18.1 Å². The fourth-order valence-corrected chi connectivity index (χ4v) is 5.29. The fraction of sp³-hybridized carbons (Fsp3) is 0.615. The fourth-order valence-electron chi connectivity index (χ4n) is 4.00. The van der Waals surface area contributed by atoms with Crippen LogP contribution in [0.25, 0.3) is 11.5 Å². The van der Waals surface area contributed by atoms with Crippen molar-refractivity contribution in [3.05, 3.63) is 35.4 Å². The summed E-state index contributed by atoms with van der Waals surface area (Å²) in [4.78, 5) is 28.5. The Morgan fingerprint density at radius 2 is 1.88 bits per heavy atom. The quantitative estimate of drug-likeness (QED) is 0.439. The first kappa shape index (κ1) is 26.4. The van der Waals surface area contributed by atoms with Crippen LogP contribution in [0.1, 0.15) is 71.7 Å². The average Bonchev–Trinajstić information content (AvgIpc) is 3.07. The number of carbonyl (C=O) groups is 1. The third-order valence-electron chi connectivity index (χ3n) is 6.68. The minimum atomic E-state index is -2.05. The van der Waals surface area contributed by atoms with Gasteiger partial charge in [0.25, 0.3) is 0 Å². The van der Waals surface area contributed by atoms with Gasteiger partial charge in [0.05, 0.1) is 18.3 Å². The van der Waals surface area contributed by atoms with E-state index < -0.39 is 14.1 Å². The Hall–Kier alpha value is -2.19. The number of rotatable bonds is 7. The van der Waals surface area contributed by atoms with Crippen LogP contribution < -0.4 is 4.90 Å². The van der Waals surface area contributed by atoms with Crippen molar-refractivity contribution in [2.45, 2.75) is 85.0 Å². The summed E-state index contributed by atoms with van der Waals surface area (Å²) in [6.07, 6.45) is 3.34. The summed E-state index contributed by atoms with van der Waals surface area (Å²) in [7, 11) is -0.162. The number of halogens is 1. The summed E-state index contributed by atoms with van der Waals surface area (Å²) in [5.41, 5.74) is 2.14. The van der Waals surface area contributed by atoms with Gasteiger partial charge in [-0.2, -0.15) is 0 Å². The Kier molecular flexibility index (Phi) is 7.34. The van der Waals surface area contributed by atoms with E-state index in [1.54, 1.807) is 0 Å². The molecule has 0 bridgehead atoms. The molecule has 0 saturated carbocycles. The molecule has 8 heteroatoms. The lowest BCUT2D eigenvalue weighted by molar-refractivity contribution is -0.119. The second kappa shape index (κ2) is 9.45. The molecule has 0 spiro atoms. The van der Waals surface area contributed by atoms with Gasteiger partial charge in [0.1, 0.15) is 17.3 Å². The SMILES string of the molecule is CN(CC(=O)CC(C)(C)C)c1nc(-c2cc(F)ccn2)nc2c1CCC2O[Si](C)(C)C(C)(C)C. The number of Topliss-reactive ketones (excluding diaryl/α,β-unsaturated/α-hetero) is 1. The van der Waals surface area contributed by atoms with Gasteiger partial charge in [-0.05, 0) is 42.5 Å². The molecule has 1 aliphatic rings. The number of anilines is 1. The van der Waals surface area contributed by atoms with Crippen LogP contribution >= 0.6 is 0 Å². The van der Waals surface area contributed by atoms with E-state index in [1.165, 1.54) is 18.3 Å². The second-order valence-electron chi connectivity index (χ2n) is 12.1. The van der Waals surface area contributed by atoms with Crippen molar-refractivity contribution in [1.29, 1.82) is 0 Å². The van der Waals surface area contributed by atoms with Gasteiger partial charge < -0.3 is 9.33 Å². The van der Waals surface area contributed by atoms with Crippen LogP contribution in [0.5, 0.6) is 0 Å². The highest BCUT2D eigenvalue weighted by molar-refractivity contribution is 6.74. The molecular formula is C26H39FN4O2Si. The third-order valence-corrected chi connectivity index (χ3v) is 11.2. The first-order valence-corrected chi connectivity index (χ1v) is 14.9. The number of pyridine rings is 1. The Bertz CT molecular complexity index is 1060. The molecule has 0 N–H and O–H groups in total. The van der Waals surface area contributed by atoms with Crippen molar-refractivity contribution in [2.75, 3.05) is 18.5 Å². The summed E-state index contributed by atoms with van der Waals surface area (Å²) < 4.78 is 20.7. The molecule has 1 atom stereocenters. The summed E-state index contributed by atoms with van der Waals surface area (Å²) in [6.45, 7) is 17.6. The molecule has 2 aromatic rings. The second-order valence-corrected chi connectivity index (χ2v) is 16.9. The standard InChI is InChI=1S/C26H39FN4O2Si/c1-25(2,3)15-18(32)16-31(7)24-19-10-11-21(33-34(8,9)26(4,5)6)22(19)29-23(30-24)20-14-17(27)12-13-28-20/h12-14,21H,10-11,15-16H2,1-9H3. The highest BCUT2D eigenvalue weighted by atomic mass is 28.4. The zero-order valence-electron chi connectivity index (χ0n) is 22.1. The topological polar surface area (TPSA) is 68.2 Å². The number of ketones is 1. The third kappa shape index (κ3) is 6.08. The van der Waals surface area contributed by atoms with Crippen LogP contribution in [0, 0.1) is 11.2 Å². The molecule has 2 heterocycles. The molecule has 0 aliphatic heterocycles. The van der Waals surface area contributed by atoms with E-state index >= 15 is 0 Å². The number of carbonyl (C=O) groups excluding carboxylic acids is 1. The zero-order chi connectivity index (χ0) is 25.5. The number of hydrogen-bond donors (Lipinski definition) is 0. The van der Waals surface area contributed by atoms with E-state index in [2.05, 4.69) is 59.6 Å². The van der Waals surface area contributed by atoms with E-state index in [9.17, 15) is 9.18 Å². The van der Waals surface area contributed by atoms with E-state index in [0.717, 1.165) is 24.1 Å². The van der Waals surface area contributed by atoms with Crippen molar-refractivity contribution >= 4 is 19.9 Å². The van der Waals surface area contributed by atoms with Crippen LogP contribution in [0.15, 0.2) is 18.3 Å². The molecule has 0 aromatic carbocycles. The molecule has 0 amide bonds. The summed E-state index contributed by atoms with van der Waals surface area (Å²) in [6, 6.07) is 2.65. The van der Waals surface area contributed by atoms with E-state index in [4.69, 9.17) is 14.4 Å². The Balaban J connectivity index is 2.03. The molecule has 186 valence electrons. The lowest BCUT2D eigenvalue weighted by Gasteiger charge is -2.38. The number of aromatic nitrogens is 3. The summed E-state index contributed by atoms with van der Waals surface area (Å²) >= 11 is 0. The maximum Gasteiger partial charge on any atom is 0.192 e. The van der Waals surface area contributed by atoms with Gasteiger partial charge in [-0.3, -0.25) is 9.78 Å². The molecule has 0 radical (unpaired) electrons. The van der Waals surface area contributed by atoms with Gasteiger partial charge in [0.15, 0.2) is 19.9 Å². The van der Waals surface area contributed by atoms with Crippen molar-refractivity contribution in [1.82, 2.24) is 15.0 Å². The molecule has 6 nitrogen and oxygen atoms in total. The number of likely N-dealkylation sites (N-methyl/N-ethyl adjacent to an activating group) is 1. The number of hydrogen-bond acceptors (Lipinski definition) is 6. The van der Waals surface area contributed by atoms with Crippen molar-refractivity contribution in [3.8, 4) is 11.5 Å². The average molecular weight is 487 g/mol. The number of nitrogens with zero attached hydrogens (tertiary/aromatic N) is 4. The minimum Gasteiger partial charge on any atom is -0.408 e. The summed E-state index contributed by atoms with van der Waals surface area (Å²) in [5.74, 6) is 0.821. The molecule has 1 unspecified atom stereocenters. The smallest absolute Gasteiger partial charge is 0.192 e. The lowest BCUT2D eigenvalue weighted by Crippen LogP contribution is -2.41. The zero-order valence-corrected chi connectivity index (χ0v) is 23.1. The highest BCUT2D eigenvalue weighted by Crippen LogP contribution is 2.45. The molecule has 1 aliphatic carbocycles. The molecule has 2 aromatic heterocycles. The Morgan fingerprint density at radius 3 is 2.47 bits per heavy atom. The van der Waals surface area contributed by atoms with Gasteiger partial charge in [-0.15, -0.1) is 0 Å². The molecule has 34 heavy (non-hydrogen) atoms. The molecule has 3 rings (SSSR count). The normalized spacial score (nSPS) is 16.5. The molecule has 0 saturated heterocycles. The van der Waals surface area contributed by atoms with Gasteiger partial charge >= 0.3 is 0 Å². The molecule has 0 fully saturated rings. The Morgan fingerprint density at radius 1 is 1.21 bits per heavy atom. The first-order valence-electron chi connectivity index (χ1n) is 12.0. The predicted octanol–water partition coefficient (Wildman–Crippen LogP) is 6.13. The summed E-state index contributed by atoms with van der Waals surface area (Å²) in [5, 5.41) is 0.0642. The predicted molar refractivity (Wildman–Crippen MR) is 137 cm³/mol. The number of fused-ring (bicyclic) bond motifs is 1. The van der Waals surface area contributed by atoms with E-state index in [0.29, 0.717) is 23.8 Å². The minimum absolute atomic E-state index is 0.0642.